The molecule has 4 heteroatoms. The summed E-state index contributed by atoms with van der Waals surface area (Å²) in [5.74, 6) is 0. The molecule has 1 unspecified atom stereocenters. The van der Waals surface area contributed by atoms with E-state index in [0.29, 0.717) is 0 Å². The maximum absolute atomic E-state index is 4.51. The molecule has 1 atom stereocenters. The molecule has 96 valence electrons. The van der Waals surface area contributed by atoms with Crippen molar-refractivity contribution in [2.75, 3.05) is 6.54 Å². The number of hydrogen-bond acceptors (Lipinski definition) is 2. The molecule has 1 aromatic heterocycles. The third kappa shape index (κ3) is 3.21. The first-order valence-corrected chi connectivity index (χ1v) is 6.98. The molecule has 0 saturated carbocycles. The van der Waals surface area contributed by atoms with Crippen LogP contribution in [0.2, 0.25) is 0 Å². The molecule has 0 amide bonds. The highest BCUT2D eigenvalue weighted by molar-refractivity contribution is 9.10. The number of nitrogens with one attached hydrogen (secondary N) is 1. The van der Waals surface area contributed by atoms with Crippen molar-refractivity contribution in [3.05, 3.63) is 52.3 Å². The van der Waals surface area contributed by atoms with E-state index < -0.39 is 0 Å². The van der Waals surface area contributed by atoms with E-state index in [1.54, 1.807) is 0 Å². The summed E-state index contributed by atoms with van der Waals surface area (Å²) in [7, 11) is 1.95. The van der Waals surface area contributed by atoms with Crippen molar-refractivity contribution in [3.8, 4) is 0 Å². The topological polar surface area (TPSA) is 29.9 Å². The van der Waals surface area contributed by atoms with Crippen LogP contribution in [0.1, 0.15) is 30.6 Å². The van der Waals surface area contributed by atoms with Crippen LogP contribution in [0.15, 0.2) is 41.0 Å². The van der Waals surface area contributed by atoms with Gasteiger partial charge in [-0.15, -0.1) is 0 Å². The molecular formula is C14H18BrN3. The molecule has 1 N–H and O–H groups in total. The minimum atomic E-state index is 0.166. The first-order chi connectivity index (χ1) is 8.70. The quantitative estimate of drug-likeness (QED) is 0.919. The highest BCUT2D eigenvalue weighted by Gasteiger charge is 2.15. The molecule has 18 heavy (non-hydrogen) atoms. The Bertz CT molecular complexity index is 490. The average molecular weight is 308 g/mol. The molecular weight excluding hydrogens is 290 g/mol. The predicted octanol–water partition coefficient (Wildman–Crippen LogP) is 3.27. The van der Waals surface area contributed by atoms with Gasteiger partial charge in [0.2, 0.25) is 0 Å². The van der Waals surface area contributed by atoms with Gasteiger partial charge in [0.1, 0.15) is 0 Å². The van der Waals surface area contributed by atoms with Gasteiger partial charge in [0, 0.05) is 17.7 Å². The van der Waals surface area contributed by atoms with Gasteiger partial charge in [-0.1, -0.05) is 35.0 Å². The Morgan fingerprint density at radius 1 is 1.28 bits per heavy atom. The second kappa shape index (κ2) is 6.16. The summed E-state index contributed by atoms with van der Waals surface area (Å²) in [6, 6.07) is 10.6. The first kappa shape index (κ1) is 13.3. The summed E-state index contributed by atoms with van der Waals surface area (Å²) in [6.45, 7) is 3.15. The lowest BCUT2D eigenvalue weighted by Gasteiger charge is -2.17. The molecule has 2 rings (SSSR count). The molecule has 1 aromatic carbocycles. The molecule has 3 nitrogen and oxygen atoms in total. The summed E-state index contributed by atoms with van der Waals surface area (Å²) in [6.07, 6.45) is 3.09. The van der Waals surface area contributed by atoms with Gasteiger partial charge in [0.05, 0.1) is 11.7 Å². The van der Waals surface area contributed by atoms with Crippen LogP contribution >= 0.6 is 15.9 Å². The van der Waals surface area contributed by atoms with Gasteiger partial charge in [-0.25, -0.2) is 0 Å². The highest BCUT2D eigenvalue weighted by Crippen LogP contribution is 2.22. The number of aromatic nitrogens is 2. The molecule has 0 spiro atoms. The van der Waals surface area contributed by atoms with Crippen molar-refractivity contribution >= 4 is 15.9 Å². The van der Waals surface area contributed by atoms with E-state index in [0.717, 1.165) is 23.1 Å². The molecule has 1 heterocycles. The van der Waals surface area contributed by atoms with Crippen LogP contribution in [-0.2, 0) is 7.05 Å². The van der Waals surface area contributed by atoms with Crippen LogP contribution < -0.4 is 5.32 Å². The SMILES string of the molecule is CCCNC(c1ccc(Br)cc1)c1ccn(C)n1. The van der Waals surface area contributed by atoms with Crippen LogP contribution in [-0.4, -0.2) is 16.3 Å². The van der Waals surface area contributed by atoms with Crippen molar-refractivity contribution in [2.24, 2.45) is 7.05 Å². The number of hydrogen-bond donors (Lipinski definition) is 1. The molecule has 0 aliphatic rings. The largest absolute Gasteiger partial charge is 0.305 e. The Balaban J connectivity index is 2.27. The van der Waals surface area contributed by atoms with E-state index in [1.807, 2.05) is 17.9 Å². The number of rotatable bonds is 5. The van der Waals surface area contributed by atoms with E-state index in [9.17, 15) is 0 Å². The van der Waals surface area contributed by atoms with Crippen molar-refractivity contribution in [2.45, 2.75) is 19.4 Å². The smallest absolute Gasteiger partial charge is 0.0839 e. The number of halogens is 1. The summed E-state index contributed by atoms with van der Waals surface area (Å²) < 4.78 is 2.94. The predicted molar refractivity (Wildman–Crippen MR) is 77.5 cm³/mol. The minimum absolute atomic E-state index is 0.166. The molecule has 0 aliphatic heterocycles. The fraction of sp³-hybridized carbons (Fsp3) is 0.357. The summed E-state index contributed by atoms with van der Waals surface area (Å²) in [5.41, 5.74) is 2.30. The van der Waals surface area contributed by atoms with Crippen molar-refractivity contribution < 1.29 is 0 Å². The second-order valence-corrected chi connectivity index (χ2v) is 5.27. The Morgan fingerprint density at radius 3 is 2.56 bits per heavy atom. The van der Waals surface area contributed by atoms with Gasteiger partial charge in [0.15, 0.2) is 0 Å². The van der Waals surface area contributed by atoms with Crippen molar-refractivity contribution in [1.29, 1.82) is 0 Å². The van der Waals surface area contributed by atoms with Gasteiger partial charge < -0.3 is 5.32 Å². The minimum Gasteiger partial charge on any atom is -0.305 e. The van der Waals surface area contributed by atoms with Gasteiger partial charge in [-0.05, 0) is 36.7 Å². The first-order valence-electron chi connectivity index (χ1n) is 6.19. The lowest BCUT2D eigenvalue weighted by Crippen LogP contribution is -2.23. The molecule has 0 radical (unpaired) electrons. The maximum Gasteiger partial charge on any atom is 0.0839 e. The lowest BCUT2D eigenvalue weighted by molar-refractivity contribution is 0.575. The molecule has 0 aliphatic carbocycles. The van der Waals surface area contributed by atoms with E-state index in [1.165, 1.54) is 5.56 Å². The van der Waals surface area contributed by atoms with Gasteiger partial charge in [-0.2, -0.15) is 5.10 Å². The van der Waals surface area contributed by atoms with Gasteiger partial charge >= 0.3 is 0 Å². The van der Waals surface area contributed by atoms with Crippen LogP contribution in [0.25, 0.3) is 0 Å². The molecule has 0 bridgehead atoms. The lowest BCUT2D eigenvalue weighted by atomic mass is 10.0. The molecule has 2 aromatic rings. The average Bonchev–Trinajstić information content (AvgIpc) is 2.78. The number of aryl methyl sites for hydroxylation is 1. The third-order valence-corrected chi connectivity index (χ3v) is 3.36. The van der Waals surface area contributed by atoms with Crippen molar-refractivity contribution in [3.63, 3.8) is 0 Å². The summed E-state index contributed by atoms with van der Waals surface area (Å²) >= 11 is 3.47. The Kier molecular flexibility index (Phi) is 4.55. The van der Waals surface area contributed by atoms with Crippen molar-refractivity contribution in [1.82, 2.24) is 15.1 Å². The Hall–Kier alpha value is -1.13. The Labute approximate surface area is 116 Å². The Morgan fingerprint density at radius 2 is 2.00 bits per heavy atom. The number of nitrogens with zero attached hydrogens (tertiary/aromatic N) is 2. The zero-order chi connectivity index (χ0) is 13.0. The standard InChI is InChI=1S/C14H18BrN3/c1-3-9-16-14(13-8-10-18(2)17-13)11-4-6-12(15)7-5-11/h4-8,10,14,16H,3,9H2,1-2H3. The summed E-state index contributed by atoms with van der Waals surface area (Å²) in [5, 5.41) is 8.05. The van der Waals surface area contributed by atoms with Gasteiger partial charge in [0.25, 0.3) is 0 Å². The molecule has 0 saturated heterocycles. The zero-order valence-corrected chi connectivity index (χ0v) is 12.3. The summed E-state index contributed by atoms with van der Waals surface area (Å²) in [4.78, 5) is 0. The van der Waals surface area contributed by atoms with E-state index >= 15 is 0 Å². The van der Waals surface area contributed by atoms with Crippen LogP contribution in [0.3, 0.4) is 0 Å². The third-order valence-electron chi connectivity index (χ3n) is 2.83. The molecule has 0 fully saturated rings. The number of benzene rings is 1. The second-order valence-electron chi connectivity index (χ2n) is 4.35. The fourth-order valence-corrected chi connectivity index (χ4v) is 2.19. The highest BCUT2D eigenvalue weighted by atomic mass is 79.9. The zero-order valence-electron chi connectivity index (χ0n) is 10.7. The monoisotopic (exact) mass is 307 g/mol. The van der Waals surface area contributed by atoms with Gasteiger partial charge in [-0.3, -0.25) is 4.68 Å². The fourth-order valence-electron chi connectivity index (χ4n) is 1.92. The normalized spacial score (nSPS) is 12.6. The maximum atomic E-state index is 4.51. The van der Waals surface area contributed by atoms with E-state index in [2.05, 4.69) is 63.6 Å². The van der Waals surface area contributed by atoms with Crippen LogP contribution in [0.5, 0.6) is 0 Å². The van der Waals surface area contributed by atoms with E-state index in [-0.39, 0.29) is 6.04 Å². The van der Waals surface area contributed by atoms with Crippen LogP contribution in [0.4, 0.5) is 0 Å². The van der Waals surface area contributed by atoms with E-state index in [4.69, 9.17) is 0 Å². The van der Waals surface area contributed by atoms with Crippen LogP contribution in [0, 0.1) is 0 Å².